The predicted molar refractivity (Wildman–Crippen MR) is 382 cm³/mol. The molecule has 4 saturated carbocycles. The van der Waals surface area contributed by atoms with Crippen molar-refractivity contribution < 1.29 is 125 Å². The smallest absolute Gasteiger partial charge is 1.00 e. The molecule has 97 heavy (non-hydrogen) atoms. The normalized spacial score (nSPS) is 21.6. The van der Waals surface area contributed by atoms with E-state index in [1.807, 2.05) is 6.92 Å². The number of halogens is 5. The maximum atomic E-state index is 13.9. The van der Waals surface area contributed by atoms with Crippen molar-refractivity contribution in [2.24, 2.45) is 41.4 Å². The number of imide groups is 2. The number of fused-ring (bicyclic) bond motifs is 2. The Morgan fingerprint density at radius 1 is 0.577 bits per heavy atom. The molecule has 4 fully saturated rings. The van der Waals surface area contributed by atoms with E-state index in [1.165, 1.54) is 29.5 Å². The third-order valence-corrected chi connectivity index (χ3v) is 22.2. The molecule has 2 heterocycles. The van der Waals surface area contributed by atoms with Crippen molar-refractivity contribution in [1.82, 2.24) is 19.2 Å². The van der Waals surface area contributed by atoms with Crippen LogP contribution in [-0.2, 0) is 59.6 Å². The van der Waals surface area contributed by atoms with Gasteiger partial charge in [-0.05, 0) is 108 Å². The fourth-order valence-electron chi connectivity index (χ4n) is 11.7. The molecule has 0 bridgehead atoms. The Balaban J connectivity index is -0.000000201. The SMILES string of the molecule is C.C.C.CC(=O)O.CC(=O)O.CCC1CCCC(CN2C(=O)c3ccccc3C2=O)C1=O.CCC1CCCC(CNS(C)(=O)=O)C1(F)F.CCC1CCCC(CNS(C)(=O)=O)C1(F)F.CCC1CCCCC1=O.CC[SiH](CC)CC.O=C1c2ccccc2C(=O)N1CCl.[2H]CS.[H-].[Li+].[Pd]. The minimum Gasteiger partial charge on any atom is -1.00 e. The van der Waals surface area contributed by atoms with Crippen LogP contribution in [0.1, 0.15) is 238 Å². The Morgan fingerprint density at radius 2 is 0.876 bits per heavy atom. The number of nitrogens with one attached hydrogen (secondary N) is 2. The molecule has 6 aliphatic rings. The summed E-state index contributed by atoms with van der Waals surface area (Å²) in [4.78, 5) is 91.3. The average Bonchev–Trinajstić information content (AvgIpc) is 1.66. The van der Waals surface area contributed by atoms with Gasteiger partial charge in [-0.2, -0.15) is 12.6 Å². The number of carboxylic acids is 2. The van der Waals surface area contributed by atoms with Crippen LogP contribution in [0, 0.1) is 41.4 Å². The van der Waals surface area contributed by atoms with Gasteiger partial charge >= 0.3 is 18.9 Å². The van der Waals surface area contributed by atoms with E-state index in [-0.39, 0.29) is 145 Å². The Hall–Kier alpha value is -3.34. The number of nitrogens with zero attached hydrogens (tertiary/aromatic N) is 2. The van der Waals surface area contributed by atoms with Crippen LogP contribution in [0.4, 0.5) is 17.6 Å². The molecule has 2 aromatic rings. The second kappa shape index (κ2) is 53.5. The molecule has 2 aromatic carbocycles. The summed E-state index contributed by atoms with van der Waals surface area (Å²) in [5.74, 6) is -10.2. The van der Waals surface area contributed by atoms with Crippen LogP contribution in [0.15, 0.2) is 48.5 Å². The number of Topliss-reactive ketones (excluding diaryl/α,β-unsaturated/α-hetero) is 2. The maximum absolute atomic E-state index is 13.9. The molecule has 29 heteroatoms. The minimum absolute atomic E-state index is 0. The zero-order valence-electron chi connectivity index (χ0n) is 59.1. The molecule has 0 aromatic heterocycles. The van der Waals surface area contributed by atoms with Crippen molar-refractivity contribution in [3.05, 3.63) is 70.8 Å². The number of sulfonamides is 2. The van der Waals surface area contributed by atoms with Crippen molar-refractivity contribution in [2.75, 3.05) is 44.4 Å². The first-order chi connectivity index (χ1) is 43.5. The van der Waals surface area contributed by atoms with Crippen LogP contribution in [0.25, 0.3) is 0 Å². The van der Waals surface area contributed by atoms with Gasteiger partial charge in [0.05, 0.1) is 34.8 Å². The monoisotopic (exact) mass is 1560 g/mol. The summed E-state index contributed by atoms with van der Waals surface area (Å²) in [6.07, 6.45) is 15.5. The minimum atomic E-state index is -3.38. The summed E-state index contributed by atoms with van der Waals surface area (Å²) < 4.78 is 109. The molecule has 7 unspecified atom stereocenters. The molecular formula is C68H118ClF4LiN4O14PdS3Si. The molecule has 562 valence electrons. The van der Waals surface area contributed by atoms with Gasteiger partial charge in [0.15, 0.2) is 0 Å². The van der Waals surface area contributed by atoms with E-state index in [1.54, 1.807) is 62.4 Å². The zero-order valence-corrected chi connectivity index (χ0v) is 63.1. The van der Waals surface area contributed by atoms with Crippen molar-refractivity contribution in [1.29, 1.82) is 0 Å². The first-order valence-corrected chi connectivity index (χ1v) is 39.4. The average molecular weight is 1570 g/mol. The molecule has 4 aliphatic carbocycles. The number of hydrogen-bond acceptors (Lipinski definition) is 13. The van der Waals surface area contributed by atoms with E-state index in [2.05, 4.69) is 49.8 Å². The molecular weight excluding hydrogens is 1450 g/mol. The Kier molecular flexibility index (Phi) is 56.4. The molecule has 2 aliphatic heterocycles. The predicted octanol–water partition coefficient (Wildman–Crippen LogP) is 12.3. The van der Waals surface area contributed by atoms with Crippen LogP contribution in [0.3, 0.4) is 0 Å². The number of rotatable bonds is 16. The number of alkyl halides is 5. The van der Waals surface area contributed by atoms with E-state index in [0.717, 1.165) is 95.5 Å². The van der Waals surface area contributed by atoms with Crippen molar-refractivity contribution in [2.45, 2.75) is 224 Å². The Bertz CT molecular complexity index is 2760. The standard InChI is InChI=1S/C17H19NO3.2C10H19F2NO2S.C9H6ClNO2.C8H14O.C6H16Si.2C2H4O2.CH4S.3CH4.Li.Pd.H/c1-2-11-6-5-7-12(15(11)19)10-18-16(20)13-8-3-4-9-14(13)17(18)21;2*1-3-8-5-4-6-9(10(8,11)12)7-13-16(2,14)15;10-5-11-8(12)6-3-1-2-4-7(6)9(11)13;1-2-7-5-3-4-6-8(7)9;1-4-7(5-2)6-3;2*1-2(3)4;1-2;;;;;;/h3-4,8-9,11-12H,2,5-7,10H2,1H3;2*8-9,13H,3-7H2,1-2H3;1-4H,5H2;7H,2-6H2,1H3;7H,4-6H2,1-3H3;2*1H3,(H,3,4);2H,1H3;3*1H4;;;/q;;;;;;;;;;;;+1;;-1/i;;;;;;;;1D;;;;;;. The summed E-state index contributed by atoms with van der Waals surface area (Å²) in [5.41, 5.74) is 1.79. The van der Waals surface area contributed by atoms with Gasteiger partial charge in [0, 0.05) is 112 Å². The molecule has 0 spiro atoms. The van der Waals surface area contributed by atoms with Gasteiger partial charge in [-0.25, -0.2) is 43.8 Å². The van der Waals surface area contributed by atoms with E-state index in [0.29, 0.717) is 72.5 Å². The largest absolute Gasteiger partial charge is 1.00 e. The topological polar surface area (TPSA) is 276 Å². The van der Waals surface area contributed by atoms with Gasteiger partial charge in [-0.3, -0.25) is 48.2 Å². The second-order valence-electron chi connectivity index (χ2n) is 23.6. The van der Waals surface area contributed by atoms with Crippen LogP contribution in [-0.4, -0.2) is 149 Å². The van der Waals surface area contributed by atoms with Gasteiger partial charge in [0.1, 0.15) is 17.6 Å². The maximum Gasteiger partial charge on any atom is 1.00 e. The van der Waals surface area contributed by atoms with Gasteiger partial charge in [0.2, 0.25) is 20.0 Å². The number of carbonyl (C=O) groups excluding carboxylic acids is 6. The molecule has 8 rings (SSSR count). The van der Waals surface area contributed by atoms with Crippen LogP contribution >= 0.6 is 24.2 Å². The number of thiol groups is 1. The molecule has 4 amide bonds. The van der Waals surface area contributed by atoms with E-state index < -0.39 is 67.5 Å². The Morgan fingerprint density at radius 3 is 1.14 bits per heavy atom. The third kappa shape index (κ3) is 36.9. The zero-order chi connectivity index (χ0) is 71.5. The first kappa shape index (κ1) is 102. The molecule has 0 radical (unpaired) electrons. The number of amides is 4. The Labute approximate surface area is 620 Å². The van der Waals surface area contributed by atoms with Gasteiger partial charge < -0.3 is 11.6 Å². The van der Waals surface area contributed by atoms with E-state index >= 15 is 0 Å². The van der Waals surface area contributed by atoms with Crippen molar-refractivity contribution >= 4 is 100 Å². The number of aliphatic carboxylic acids is 2. The molecule has 0 saturated heterocycles. The van der Waals surface area contributed by atoms with Crippen LogP contribution < -0.4 is 28.3 Å². The van der Waals surface area contributed by atoms with Crippen molar-refractivity contribution in [3.63, 3.8) is 0 Å². The first-order valence-electron chi connectivity index (χ1n) is 32.7. The second-order valence-corrected chi connectivity index (χ2v) is 31.7. The third-order valence-electron chi connectivity index (χ3n) is 17.1. The van der Waals surface area contributed by atoms with Crippen LogP contribution in [0.5, 0.6) is 0 Å². The summed E-state index contributed by atoms with van der Waals surface area (Å²) in [6, 6.07) is 18.0. The van der Waals surface area contributed by atoms with E-state index in [9.17, 15) is 63.2 Å². The number of ketones is 2. The number of benzene rings is 2. The molecule has 7 atom stereocenters. The summed E-state index contributed by atoms with van der Waals surface area (Å²) in [6.45, 7) is 16.7. The van der Waals surface area contributed by atoms with Crippen molar-refractivity contribution in [3.8, 4) is 0 Å². The number of hydrogen-bond donors (Lipinski definition) is 5. The fourth-order valence-corrected chi connectivity index (χ4v) is 14.7. The quantitative estimate of drug-likeness (QED) is 0.0261. The van der Waals surface area contributed by atoms with E-state index in [4.69, 9.17) is 32.8 Å². The van der Waals surface area contributed by atoms with Gasteiger partial charge in [-0.1, -0.05) is 139 Å². The molecule has 18 nitrogen and oxygen atoms in total. The number of carbonyl (C=O) groups is 8. The van der Waals surface area contributed by atoms with Gasteiger partial charge in [0.25, 0.3) is 47.4 Å². The summed E-state index contributed by atoms with van der Waals surface area (Å²) in [7, 11) is -6.93. The summed E-state index contributed by atoms with van der Waals surface area (Å²) >= 11 is 8.93. The fraction of sp³-hybridized carbons (Fsp3) is 0.706. The summed E-state index contributed by atoms with van der Waals surface area (Å²) in [5, 5.41) is 14.8. The van der Waals surface area contributed by atoms with Gasteiger partial charge in [-0.15, -0.1) is 11.6 Å². The molecule has 4 N–H and O–H groups in total. The van der Waals surface area contributed by atoms with Crippen LogP contribution in [0.2, 0.25) is 18.1 Å². The number of carboxylic acid groups (broad SMARTS) is 2.